The second-order valence-electron chi connectivity index (χ2n) is 4.94. The Hall–Kier alpha value is -1.43. The van der Waals surface area contributed by atoms with Crippen LogP contribution in [0.15, 0.2) is 48.1 Å². The highest BCUT2D eigenvalue weighted by Crippen LogP contribution is 2.36. The Morgan fingerprint density at radius 2 is 1.95 bits per heavy atom. The number of aromatic nitrogens is 3. The molecule has 1 atom stereocenters. The third-order valence-electron chi connectivity index (χ3n) is 3.38. The molecule has 0 saturated carbocycles. The van der Waals surface area contributed by atoms with E-state index in [-0.39, 0.29) is 13.0 Å². The quantitative estimate of drug-likeness (QED) is 0.660. The fraction of sp³-hybridized carbons (Fsp3) is 0.200. The molecule has 0 aliphatic heterocycles. The van der Waals surface area contributed by atoms with E-state index in [1.807, 2.05) is 5.38 Å². The van der Waals surface area contributed by atoms with Gasteiger partial charge in [-0.2, -0.15) is 0 Å². The molecule has 2 aromatic heterocycles. The minimum Gasteiger partial charge on any atom is -0.249 e. The van der Waals surface area contributed by atoms with Crippen LogP contribution in [0.5, 0.6) is 0 Å². The molecule has 0 N–H and O–H groups in total. The van der Waals surface area contributed by atoms with Crippen LogP contribution in [0.1, 0.15) is 10.4 Å². The van der Waals surface area contributed by atoms with Gasteiger partial charge in [-0.25, -0.2) is 9.07 Å². The predicted molar refractivity (Wildman–Crippen MR) is 87.3 cm³/mol. The van der Waals surface area contributed by atoms with Gasteiger partial charge >= 0.3 is 0 Å². The largest absolute Gasteiger partial charge is 0.249 e. The summed E-state index contributed by atoms with van der Waals surface area (Å²) in [7, 11) is 0. The molecule has 22 heavy (non-hydrogen) atoms. The highest BCUT2D eigenvalue weighted by Gasteiger charge is 2.34. The number of hydrogen-bond acceptors (Lipinski definition) is 3. The lowest BCUT2D eigenvalue weighted by molar-refractivity contribution is 0.130. The molecule has 0 radical (unpaired) electrons. The lowest BCUT2D eigenvalue weighted by atomic mass is 9.91. The third-order valence-corrected chi connectivity index (χ3v) is 5.02. The van der Waals surface area contributed by atoms with Gasteiger partial charge in [0, 0.05) is 22.5 Å². The van der Waals surface area contributed by atoms with Gasteiger partial charge in [0.25, 0.3) is 0 Å². The summed E-state index contributed by atoms with van der Waals surface area (Å²) >= 11 is 13.5. The summed E-state index contributed by atoms with van der Waals surface area (Å²) in [4.78, 5) is 0.805. The first-order valence-electron chi connectivity index (χ1n) is 6.58. The summed E-state index contributed by atoms with van der Waals surface area (Å²) in [5.41, 5.74) is -1.11. The lowest BCUT2D eigenvalue weighted by Crippen LogP contribution is -2.29. The first kappa shape index (κ1) is 15.5. The molecule has 0 fully saturated rings. The first-order valence-corrected chi connectivity index (χ1v) is 8.21. The van der Waals surface area contributed by atoms with Crippen LogP contribution in [0.4, 0.5) is 4.39 Å². The molecule has 0 aliphatic carbocycles. The molecule has 1 unspecified atom stereocenters. The number of alkyl halides is 1. The average molecular weight is 356 g/mol. The zero-order valence-corrected chi connectivity index (χ0v) is 13.7. The molecule has 0 aliphatic rings. The van der Waals surface area contributed by atoms with Crippen molar-refractivity contribution in [2.24, 2.45) is 0 Å². The van der Waals surface area contributed by atoms with Crippen LogP contribution in [-0.4, -0.2) is 15.0 Å². The van der Waals surface area contributed by atoms with Gasteiger partial charge in [0.2, 0.25) is 0 Å². The second kappa shape index (κ2) is 6.36. The number of halogens is 3. The van der Waals surface area contributed by atoms with Crippen LogP contribution < -0.4 is 0 Å². The first-order chi connectivity index (χ1) is 10.6. The monoisotopic (exact) mass is 355 g/mol. The molecular weight excluding hydrogens is 344 g/mol. The molecule has 3 aromatic rings. The Bertz CT molecular complexity index is 743. The zero-order valence-electron chi connectivity index (χ0n) is 11.4. The van der Waals surface area contributed by atoms with Gasteiger partial charge in [-0.15, -0.1) is 16.4 Å². The van der Waals surface area contributed by atoms with Crippen molar-refractivity contribution in [2.45, 2.75) is 18.6 Å². The van der Waals surface area contributed by atoms with Crippen LogP contribution >= 0.6 is 34.5 Å². The van der Waals surface area contributed by atoms with Crippen LogP contribution in [0.2, 0.25) is 10.0 Å². The highest BCUT2D eigenvalue weighted by molar-refractivity contribution is 7.10. The van der Waals surface area contributed by atoms with Crippen LogP contribution in [0, 0.1) is 0 Å². The van der Waals surface area contributed by atoms with Crippen molar-refractivity contribution < 1.29 is 4.39 Å². The summed E-state index contributed by atoms with van der Waals surface area (Å²) in [6, 6.07) is 8.53. The minimum absolute atomic E-state index is 0.0584. The molecule has 114 valence electrons. The van der Waals surface area contributed by atoms with Gasteiger partial charge in [-0.1, -0.05) is 40.5 Å². The van der Waals surface area contributed by atoms with Gasteiger partial charge < -0.3 is 0 Å². The van der Waals surface area contributed by atoms with E-state index in [1.165, 1.54) is 22.2 Å². The standard InChI is InChI=1S/C15H12Cl2FN3S/c16-12-3-1-11(2-4-12)15(18,10-21-7-6-19-20-21)9-14-13(17)5-8-22-14/h1-8H,9-10H2. The van der Waals surface area contributed by atoms with Crippen LogP contribution in [0.25, 0.3) is 0 Å². The van der Waals surface area contributed by atoms with E-state index in [0.717, 1.165) is 4.88 Å². The molecule has 0 saturated heterocycles. The van der Waals surface area contributed by atoms with E-state index in [1.54, 1.807) is 36.5 Å². The van der Waals surface area contributed by atoms with Crippen molar-refractivity contribution in [1.29, 1.82) is 0 Å². The van der Waals surface area contributed by atoms with Crippen LogP contribution in [-0.2, 0) is 18.6 Å². The fourth-order valence-electron chi connectivity index (χ4n) is 2.28. The van der Waals surface area contributed by atoms with E-state index in [2.05, 4.69) is 10.3 Å². The van der Waals surface area contributed by atoms with Gasteiger partial charge in [0.15, 0.2) is 5.67 Å². The van der Waals surface area contributed by atoms with E-state index >= 15 is 4.39 Å². The Morgan fingerprint density at radius 1 is 1.18 bits per heavy atom. The highest BCUT2D eigenvalue weighted by atomic mass is 35.5. The van der Waals surface area contributed by atoms with E-state index < -0.39 is 5.67 Å². The van der Waals surface area contributed by atoms with Gasteiger partial charge in [-0.3, -0.25) is 0 Å². The van der Waals surface area contributed by atoms with Gasteiger partial charge in [0.05, 0.1) is 17.8 Å². The number of rotatable bonds is 5. The van der Waals surface area contributed by atoms with Crippen molar-refractivity contribution in [3.63, 3.8) is 0 Å². The average Bonchev–Trinajstić information content (AvgIpc) is 3.12. The molecule has 3 nitrogen and oxygen atoms in total. The summed E-state index contributed by atoms with van der Waals surface area (Å²) in [6.45, 7) is 0.0584. The summed E-state index contributed by atoms with van der Waals surface area (Å²) in [5.74, 6) is 0. The Balaban J connectivity index is 1.97. The predicted octanol–water partition coefficient (Wildman–Crippen LogP) is 4.75. The zero-order chi connectivity index (χ0) is 15.6. The maximum absolute atomic E-state index is 15.8. The number of benzene rings is 1. The van der Waals surface area contributed by atoms with Crippen LogP contribution in [0.3, 0.4) is 0 Å². The van der Waals surface area contributed by atoms with Gasteiger partial charge in [0.1, 0.15) is 0 Å². The third kappa shape index (κ3) is 3.32. The summed E-state index contributed by atoms with van der Waals surface area (Å²) in [5, 5.41) is 10.6. The minimum atomic E-state index is -1.65. The van der Waals surface area contributed by atoms with Crippen molar-refractivity contribution in [3.8, 4) is 0 Å². The molecule has 3 rings (SSSR count). The summed E-state index contributed by atoms with van der Waals surface area (Å²) in [6.07, 6.45) is 3.34. The van der Waals surface area contributed by atoms with E-state index in [4.69, 9.17) is 23.2 Å². The molecule has 0 spiro atoms. The summed E-state index contributed by atoms with van der Waals surface area (Å²) < 4.78 is 17.3. The molecule has 0 bridgehead atoms. The molecule has 0 amide bonds. The van der Waals surface area contributed by atoms with Crippen molar-refractivity contribution in [1.82, 2.24) is 15.0 Å². The topological polar surface area (TPSA) is 30.7 Å². The fourth-order valence-corrected chi connectivity index (χ4v) is 3.60. The Kier molecular flexibility index (Phi) is 4.47. The SMILES string of the molecule is FC(Cc1sccc1Cl)(Cn1ccnn1)c1ccc(Cl)cc1. The molecular formula is C15H12Cl2FN3S. The maximum Gasteiger partial charge on any atom is 0.160 e. The van der Waals surface area contributed by atoms with Gasteiger partial charge in [-0.05, 0) is 29.1 Å². The number of thiophene rings is 1. The maximum atomic E-state index is 15.8. The van der Waals surface area contributed by atoms with E-state index in [9.17, 15) is 0 Å². The number of nitrogens with zero attached hydrogens (tertiary/aromatic N) is 3. The van der Waals surface area contributed by atoms with E-state index in [0.29, 0.717) is 15.6 Å². The molecule has 2 heterocycles. The molecule has 1 aromatic carbocycles. The second-order valence-corrected chi connectivity index (χ2v) is 6.79. The lowest BCUT2D eigenvalue weighted by Gasteiger charge is -2.25. The van der Waals surface area contributed by atoms with Crippen molar-refractivity contribution in [3.05, 3.63) is 68.6 Å². The molecule has 7 heteroatoms. The van der Waals surface area contributed by atoms with Crippen molar-refractivity contribution >= 4 is 34.5 Å². The Labute approximate surface area is 141 Å². The normalized spacial score (nSPS) is 14.0. The van der Waals surface area contributed by atoms with Crippen molar-refractivity contribution in [2.75, 3.05) is 0 Å². The smallest absolute Gasteiger partial charge is 0.160 e. The Morgan fingerprint density at radius 3 is 2.55 bits per heavy atom. The number of hydrogen-bond donors (Lipinski definition) is 0.